The van der Waals surface area contributed by atoms with Crippen LogP contribution in [0.5, 0.6) is 5.75 Å². The topological polar surface area (TPSA) is 210 Å². The van der Waals surface area contributed by atoms with Gasteiger partial charge in [-0.15, -0.1) is 0 Å². The molecule has 2 aromatic rings. The first-order chi connectivity index (χ1) is 15.3. The van der Waals surface area contributed by atoms with Gasteiger partial charge >= 0.3 is 5.97 Å². The van der Waals surface area contributed by atoms with Gasteiger partial charge in [-0.05, 0) is 50.7 Å². The summed E-state index contributed by atoms with van der Waals surface area (Å²) in [5.41, 5.74) is 28.6. The maximum atomic E-state index is 11.7. The number of nitrogens with two attached hydrogens (primary N) is 5. The van der Waals surface area contributed by atoms with E-state index in [4.69, 9.17) is 33.4 Å². The Hall–Kier alpha value is -3.41. The molecule has 0 fully saturated rings. The van der Waals surface area contributed by atoms with E-state index in [1.807, 2.05) is 0 Å². The van der Waals surface area contributed by atoms with E-state index >= 15 is 0 Å². The molecule has 1 aromatic heterocycles. The zero-order valence-corrected chi connectivity index (χ0v) is 18.3. The van der Waals surface area contributed by atoms with E-state index in [9.17, 15) is 9.59 Å². The van der Waals surface area contributed by atoms with E-state index in [2.05, 4.69) is 15.6 Å². The minimum atomic E-state index is -0.572. The number of aromatic nitrogens is 1. The van der Waals surface area contributed by atoms with E-state index in [0.717, 1.165) is 12.8 Å². The highest BCUT2D eigenvalue weighted by atomic mass is 16.5. The summed E-state index contributed by atoms with van der Waals surface area (Å²) in [6.45, 7) is 1.20. The van der Waals surface area contributed by atoms with Gasteiger partial charge in [0.1, 0.15) is 11.6 Å². The second-order valence-corrected chi connectivity index (χ2v) is 6.92. The van der Waals surface area contributed by atoms with Crippen LogP contribution in [0.15, 0.2) is 36.4 Å². The summed E-state index contributed by atoms with van der Waals surface area (Å²) in [4.78, 5) is 26.9. The van der Waals surface area contributed by atoms with E-state index in [0.29, 0.717) is 48.9 Å². The Kier molecular flexibility index (Phi) is 12.1. The highest BCUT2D eigenvalue weighted by Gasteiger charge is 2.14. The molecule has 0 radical (unpaired) electrons. The first kappa shape index (κ1) is 26.6. The van der Waals surface area contributed by atoms with Crippen LogP contribution < -0.4 is 44.0 Å². The molecule has 0 spiro atoms. The van der Waals surface area contributed by atoms with Gasteiger partial charge in [0.2, 0.25) is 5.91 Å². The van der Waals surface area contributed by atoms with Gasteiger partial charge in [0.25, 0.3) is 0 Å². The van der Waals surface area contributed by atoms with Crippen LogP contribution in [-0.2, 0) is 9.59 Å². The standard InChI is InChI=1S/C11H20N6O.C10H14N2O2/c12-6-2-1-3-8(14)11(18)17-9-5-4-7(13)10(15)16-9;1-12-7-6-10(13)14-9-5-3-2-4-8(9)11/h4-5,8H,1-3,6,12-14H2,(H3,15,16,17,18);2-5,12H,6-7,11H2,1H3. The van der Waals surface area contributed by atoms with Crippen molar-refractivity contribution in [3.8, 4) is 5.75 Å². The van der Waals surface area contributed by atoms with Gasteiger partial charge in [-0.25, -0.2) is 4.98 Å². The third-order valence-corrected chi connectivity index (χ3v) is 4.24. The van der Waals surface area contributed by atoms with Gasteiger partial charge in [-0.2, -0.15) is 0 Å². The summed E-state index contributed by atoms with van der Waals surface area (Å²) in [6, 6.07) is 9.52. The molecule has 1 aromatic carbocycles. The number of para-hydroxylation sites is 2. The number of esters is 1. The number of carbonyl (C=O) groups excluding carboxylic acids is 2. The van der Waals surface area contributed by atoms with Crippen LogP contribution in [0.3, 0.4) is 0 Å². The molecule has 0 aliphatic heterocycles. The number of unbranched alkanes of at least 4 members (excludes halogenated alkanes) is 1. The molecule has 1 heterocycles. The molecule has 0 aliphatic carbocycles. The minimum Gasteiger partial charge on any atom is -0.424 e. The number of hydrogen-bond acceptors (Lipinski definition) is 10. The van der Waals surface area contributed by atoms with E-state index < -0.39 is 6.04 Å². The monoisotopic (exact) mass is 446 g/mol. The Morgan fingerprint density at radius 1 is 1.06 bits per heavy atom. The molecule has 176 valence electrons. The number of benzene rings is 1. The van der Waals surface area contributed by atoms with Crippen LogP contribution in [0.25, 0.3) is 0 Å². The zero-order valence-electron chi connectivity index (χ0n) is 18.3. The number of nitrogen functional groups attached to an aromatic ring is 3. The molecule has 0 saturated heterocycles. The van der Waals surface area contributed by atoms with Crippen molar-refractivity contribution in [1.82, 2.24) is 10.3 Å². The van der Waals surface area contributed by atoms with Gasteiger partial charge in [0.05, 0.1) is 23.8 Å². The van der Waals surface area contributed by atoms with Gasteiger partial charge in [-0.3, -0.25) is 9.59 Å². The lowest BCUT2D eigenvalue weighted by Crippen LogP contribution is -2.35. The first-order valence-electron chi connectivity index (χ1n) is 10.3. The van der Waals surface area contributed by atoms with Gasteiger partial charge < -0.3 is 44.0 Å². The number of nitrogens with one attached hydrogen (secondary N) is 2. The van der Waals surface area contributed by atoms with Crippen LogP contribution in [-0.4, -0.2) is 43.0 Å². The Labute approximate surface area is 188 Å². The van der Waals surface area contributed by atoms with Crippen LogP contribution >= 0.6 is 0 Å². The Bertz CT molecular complexity index is 863. The Balaban J connectivity index is 0.000000330. The number of ether oxygens (including phenoxy) is 1. The average molecular weight is 447 g/mol. The maximum absolute atomic E-state index is 11.7. The fourth-order valence-corrected chi connectivity index (χ4v) is 2.39. The lowest BCUT2D eigenvalue weighted by molar-refractivity contribution is -0.134. The van der Waals surface area contributed by atoms with Crippen molar-refractivity contribution >= 4 is 34.9 Å². The molecule has 2 rings (SSSR count). The molecule has 1 atom stereocenters. The number of hydrogen-bond donors (Lipinski definition) is 7. The van der Waals surface area contributed by atoms with Crippen molar-refractivity contribution in [3.05, 3.63) is 36.4 Å². The Morgan fingerprint density at radius 3 is 2.41 bits per heavy atom. The molecule has 0 aliphatic rings. The highest BCUT2D eigenvalue weighted by molar-refractivity contribution is 5.94. The quantitative estimate of drug-likeness (QED) is 0.116. The fourth-order valence-electron chi connectivity index (χ4n) is 2.39. The summed E-state index contributed by atoms with van der Waals surface area (Å²) in [5, 5.41) is 5.46. The molecular formula is C21H34N8O3. The highest BCUT2D eigenvalue weighted by Crippen LogP contribution is 2.20. The van der Waals surface area contributed by atoms with E-state index in [-0.39, 0.29) is 17.7 Å². The lowest BCUT2D eigenvalue weighted by Gasteiger charge is -2.12. The molecule has 11 heteroatoms. The van der Waals surface area contributed by atoms with Gasteiger partial charge in [0, 0.05) is 6.54 Å². The minimum absolute atomic E-state index is 0.185. The molecule has 12 N–H and O–H groups in total. The fraction of sp³-hybridized carbons (Fsp3) is 0.381. The SMILES string of the molecule is CNCCC(=O)Oc1ccccc1N.NCCCCC(N)C(=O)Nc1ccc(N)c(N)n1. The molecule has 1 amide bonds. The predicted molar refractivity (Wildman–Crippen MR) is 128 cm³/mol. The molecule has 0 bridgehead atoms. The van der Waals surface area contributed by atoms with Crippen molar-refractivity contribution < 1.29 is 14.3 Å². The summed E-state index contributed by atoms with van der Waals surface area (Å²) in [6.07, 6.45) is 2.61. The number of anilines is 4. The zero-order chi connectivity index (χ0) is 23.9. The number of pyridine rings is 1. The van der Waals surface area contributed by atoms with Gasteiger partial charge in [-0.1, -0.05) is 18.6 Å². The van der Waals surface area contributed by atoms with Crippen LogP contribution in [0, 0.1) is 0 Å². The second kappa shape index (κ2) is 14.6. The maximum Gasteiger partial charge on any atom is 0.312 e. The van der Waals surface area contributed by atoms with Crippen molar-refractivity contribution in [1.29, 1.82) is 0 Å². The number of nitrogens with zero attached hydrogens (tertiary/aromatic N) is 1. The van der Waals surface area contributed by atoms with Gasteiger partial charge in [0.15, 0.2) is 5.75 Å². The Morgan fingerprint density at radius 2 is 1.78 bits per heavy atom. The van der Waals surface area contributed by atoms with Crippen molar-refractivity contribution in [2.45, 2.75) is 31.7 Å². The normalized spacial score (nSPS) is 11.1. The summed E-state index contributed by atoms with van der Waals surface area (Å²) >= 11 is 0. The summed E-state index contributed by atoms with van der Waals surface area (Å²) < 4.78 is 5.04. The average Bonchev–Trinajstić information content (AvgIpc) is 2.77. The number of amides is 1. The molecule has 1 unspecified atom stereocenters. The van der Waals surface area contributed by atoms with Crippen molar-refractivity contribution in [2.75, 3.05) is 42.7 Å². The predicted octanol–water partition coefficient (Wildman–Crippen LogP) is 0.425. The third-order valence-electron chi connectivity index (χ3n) is 4.24. The van der Waals surface area contributed by atoms with Crippen LogP contribution in [0.1, 0.15) is 25.7 Å². The molecular weight excluding hydrogens is 412 g/mol. The lowest BCUT2D eigenvalue weighted by atomic mass is 10.1. The summed E-state index contributed by atoms with van der Waals surface area (Å²) in [7, 11) is 1.78. The van der Waals surface area contributed by atoms with E-state index in [1.54, 1.807) is 43.4 Å². The van der Waals surface area contributed by atoms with Crippen LogP contribution in [0.4, 0.5) is 23.0 Å². The summed E-state index contributed by atoms with van der Waals surface area (Å²) in [5.74, 6) is 0.389. The second-order valence-electron chi connectivity index (χ2n) is 6.92. The van der Waals surface area contributed by atoms with Crippen molar-refractivity contribution in [2.24, 2.45) is 11.5 Å². The van der Waals surface area contributed by atoms with Crippen molar-refractivity contribution in [3.63, 3.8) is 0 Å². The molecule has 32 heavy (non-hydrogen) atoms. The third kappa shape index (κ3) is 10.1. The van der Waals surface area contributed by atoms with Crippen LogP contribution in [0.2, 0.25) is 0 Å². The number of carbonyl (C=O) groups is 2. The number of rotatable bonds is 10. The molecule has 11 nitrogen and oxygen atoms in total. The largest absolute Gasteiger partial charge is 0.424 e. The smallest absolute Gasteiger partial charge is 0.312 e. The first-order valence-corrected chi connectivity index (χ1v) is 10.3. The molecule has 0 saturated carbocycles. The van der Waals surface area contributed by atoms with E-state index in [1.165, 1.54) is 0 Å².